The van der Waals surface area contributed by atoms with Gasteiger partial charge in [0.05, 0.1) is 35.9 Å². The number of anilines is 2. The summed E-state index contributed by atoms with van der Waals surface area (Å²) in [5, 5.41) is 3.85. The molecule has 0 radical (unpaired) electrons. The van der Waals surface area contributed by atoms with Crippen molar-refractivity contribution in [2.24, 2.45) is 0 Å². The van der Waals surface area contributed by atoms with Crippen molar-refractivity contribution >= 4 is 22.3 Å². The maximum absolute atomic E-state index is 13.0. The zero-order valence-electron chi connectivity index (χ0n) is 15.7. The number of nitrogens with one attached hydrogen (secondary N) is 1. The van der Waals surface area contributed by atoms with Crippen molar-refractivity contribution < 1.29 is 17.9 Å². The number of imidazole rings is 1. The maximum atomic E-state index is 13.0. The molecule has 0 aliphatic carbocycles. The van der Waals surface area contributed by atoms with E-state index in [0.29, 0.717) is 16.8 Å². The number of aromatic nitrogens is 3. The quantitative estimate of drug-likeness (QED) is 0.493. The topological polar surface area (TPSA) is 52.0 Å². The molecule has 4 aromatic rings. The van der Waals surface area contributed by atoms with E-state index in [1.54, 1.807) is 19.5 Å². The Morgan fingerprint density at radius 3 is 2.55 bits per heavy atom. The van der Waals surface area contributed by atoms with Gasteiger partial charge in [-0.05, 0) is 31.2 Å². The molecule has 0 saturated carbocycles. The number of rotatable bonds is 4. The van der Waals surface area contributed by atoms with E-state index in [2.05, 4.69) is 15.3 Å². The van der Waals surface area contributed by atoms with Crippen LogP contribution in [-0.4, -0.2) is 21.6 Å². The van der Waals surface area contributed by atoms with Crippen LogP contribution in [0.3, 0.4) is 0 Å². The first-order chi connectivity index (χ1) is 13.8. The summed E-state index contributed by atoms with van der Waals surface area (Å²) in [6.45, 7) is 1.90. The zero-order chi connectivity index (χ0) is 20.6. The average Bonchev–Trinajstić information content (AvgIpc) is 3.13. The minimum atomic E-state index is -4.41. The van der Waals surface area contributed by atoms with E-state index >= 15 is 0 Å². The van der Waals surface area contributed by atoms with Crippen molar-refractivity contribution in [3.63, 3.8) is 0 Å². The second-order valence-corrected chi connectivity index (χ2v) is 6.56. The van der Waals surface area contributed by atoms with Gasteiger partial charge >= 0.3 is 6.18 Å². The van der Waals surface area contributed by atoms with Crippen LogP contribution in [0.5, 0.6) is 5.75 Å². The number of aryl methyl sites for hydroxylation is 1. The van der Waals surface area contributed by atoms with E-state index in [-0.39, 0.29) is 5.52 Å². The van der Waals surface area contributed by atoms with Gasteiger partial charge in [-0.3, -0.25) is 4.98 Å². The molecule has 5 nitrogen and oxygen atoms in total. The number of hydrogen-bond acceptors (Lipinski definition) is 4. The lowest BCUT2D eigenvalue weighted by Crippen LogP contribution is -2.05. The molecular formula is C21H17F3N4O. The SMILES string of the molecule is COc1cc(Nc2ccnc3cc(C(F)(F)F)ccc23)cc(-n2cnc(C)c2)c1. The Balaban J connectivity index is 1.75. The maximum Gasteiger partial charge on any atom is 0.416 e. The van der Waals surface area contributed by atoms with Gasteiger partial charge in [-0.15, -0.1) is 0 Å². The van der Waals surface area contributed by atoms with Gasteiger partial charge in [-0.2, -0.15) is 13.2 Å². The van der Waals surface area contributed by atoms with Gasteiger partial charge in [0.15, 0.2) is 0 Å². The molecule has 148 valence electrons. The van der Waals surface area contributed by atoms with Crippen molar-refractivity contribution in [3.8, 4) is 11.4 Å². The molecule has 2 aromatic heterocycles. The summed E-state index contributed by atoms with van der Waals surface area (Å²) in [7, 11) is 1.57. The third-order valence-corrected chi connectivity index (χ3v) is 4.49. The highest BCUT2D eigenvalue weighted by Crippen LogP contribution is 2.34. The predicted molar refractivity (Wildman–Crippen MR) is 105 cm³/mol. The molecular weight excluding hydrogens is 381 g/mol. The third kappa shape index (κ3) is 3.87. The van der Waals surface area contributed by atoms with Crippen LogP contribution in [0, 0.1) is 6.92 Å². The predicted octanol–water partition coefficient (Wildman–Crippen LogP) is 5.50. The van der Waals surface area contributed by atoms with Gasteiger partial charge in [-0.1, -0.05) is 6.07 Å². The molecule has 0 spiro atoms. The third-order valence-electron chi connectivity index (χ3n) is 4.49. The number of pyridine rings is 1. The van der Waals surface area contributed by atoms with E-state index in [1.165, 1.54) is 12.3 Å². The molecule has 2 aromatic carbocycles. The molecule has 0 aliphatic rings. The fourth-order valence-electron chi connectivity index (χ4n) is 3.07. The van der Waals surface area contributed by atoms with Gasteiger partial charge in [0, 0.05) is 41.3 Å². The fraction of sp³-hybridized carbons (Fsp3) is 0.143. The number of hydrogen-bond donors (Lipinski definition) is 1. The number of fused-ring (bicyclic) bond motifs is 1. The Morgan fingerprint density at radius 1 is 1.03 bits per heavy atom. The van der Waals surface area contributed by atoms with Crippen LogP contribution in [0.1, 0.15) is 11.3 Å². The number of methoxy groups -OCH3 is 1. The van der Waals surface area contributed by atoms with Gasteiger partial charge in [0.1, 0.15) is 5.75 Å². The summed E-state index contributed by atoms with van der Waals surface area (Å²) >= 11 is 0. The van der Waals surface area contributed by atoms with Crippen LogP contribution in [0.4, 0.5) is 24.5 Å². The van der Waals surface area contributed by atoms with Crippen molar-refractivity contribution in [1.82, 2.24) is 14.5 Å². The lowest BCUT2D eigenvalue weighted by molar-refractivity contribution is -0.137. The number of nitrogens with zero attached hydrogens (tertiary/aromatic N) is 3. The van der Waals surface area contributed by atoms with E-state index in [4.69, 9.17) is 4.74 Å². The first-order valence-corrected chi connectivity index (χ1v) is 8.76. The summed E-state index contributed by atoms with van der Waals surface area (Å²) < 4.78 is 46.2. The summed E-state index contributed by atoms with van der Waals surface area (Å²) in [4.78, 5) is 8.31. The minimum Gasteiger partial charge on any atom is -0.497 e. The molecule has 1 N–H and O–H groups in total. The van der Waals surface area contributed by atoms with Crippen LogP contribution in [-0.2, 0) is 6.18 Å². The average molecular weight is 398 g/mol. The largest absolute Gasteiger partial charge is 0.497 e. The van der Waals surface area contributed by atoms with E-state index in [0.717, 1.165) is 29.2 Å². The molecule has 0 atom stereocenters. The van der Waals surface area contributed by atoms with Crippen LogP contribution >= 0.6 is 0 Å². The normalized spacial score (nSPS) is 11.6. The summed E-state index contributed by atoms with van der Waals surface area (Å²) in [6.07, 6.45) is 0.655. The highest BCUT2D eigenvalue weighted by molar-refractivity contribution is 5.93. The Morgan fingerprint density at radius 2 is 1.86 bits per heavy atom. The highest BCUT2D eigenvalue weighted by atomic mass is 19.4. The lowest BCUT2D eigenvalue weighted by Gasteiger charge is -2.14. The molecule has 4 rings (SSSR count). The van der Waals surface area contributed by atoms with E-state index < -0.39 is 11.7 Å². The number of alkyl halides is 3. The van der Waals surface area contributed by atoms with Gasteiger partial charge in [0.25, 0.3) is 0 Å². The molecule has 8 heteroatoms. The van der Waals surface area contributed by atoms with Crippen molar-refractivity contribution in [3.05, 3.63) is 72.4 Å². The first-order valence-electron chi connectivity index (χ1n) is 8.76. The molecule has 0 unspecified atom stereocenters. The van der Waals surface area contributed by atoms with E-state index in [1.807, 2.05) is 35.9 Å². The lowest BCUT2D eigenvalue weighted by atomic mass is 10.1. The van der Waals surface area contributed by atoms with Crippen molar-refractivity contribution in [2.45, 2.75) is 13.1 Å². The second kappa shape index (κ2) is 7.12. The van der Waals surface area contributed by atoms with Crippen LogP contribution in [0.2, 0.25) is 0 Å². The fourth-order valence-corrected chi connectivity index (χ4v) is 3.07. The molecule has 0 aliphatic heterocycles. The first kappa shape index (κ1) is 18.8. The smallest absolute Gasteiger partial charge is 0.416 e. The Labute approximate surface area is 164 Å². The van der Waals surface area contributed by atoms with Crippen LogP contribution < -0.4 is 10.1 Å². The summed E-state index contributed by atoms with van der Waals surface area (Å²) in [6, 6.07) is 10.8. The van der Waals surface area contributed by atoms with Gasteiger partial charge in [-0.25, -0.2) is 4.98 Å². The van der Waals surface area contributed by atoms with E-state index in [9.17, 15) is 13.2 Å². The number of ether oxygens (including phenoxy) is 1. The number of halogens is 3. The Bertz CT molecular complexity index is 1180. The minimum absolute atomic E-state index is 0.262. The molecule has 0 saturated heterocycles. The summed E-state index contributed by atoms with van der Waals surface area (Å²) in [5.74, 6) is 0.633. The van der Waals surface area contributed by atoms with Crippen LogP contribution in [0.25, 0.3) is 16.6 Å². The van der Waals surface area contributed by atoms with Crippen LogP contribution in [0.15, 0.2) is 61.2 Å². The van der Waals surface area contributed by atoms with Crippen molar-refractivity contribution in [1.29, 1.82) is 0 Å². The molecule has 29 heavy (non-hydrogen) atoms. The Kier molecular flexibility index (Phi) is 4.62. The summed E-state index contributed by atoms with van der Waals surface area (Å²) in [5.41, 5.74) is 2.61. The molecule has 0 amide bonds. The standard InChI is InChI=1S/C21H17F3N4O/c1-13-11-28(12-26-13)16-8-15(9-17(10-16)29-2)27-19-5-6-25-20-7-14(21(22,23)24)3-4-18(19)20/h3-12H,1-2H3,(H,25,27). The highest BCUT2D eigenvalue weighted by Gasteiger charge is 2.30. The zero-order valence-corrected chi connectivity index (χ0v) is 15.7. The van der Waals surface area contributed by atoms with Gasteiger partial charge < -0.3 is 14.6 Å². The molecule has 2 heterocycles. The molecule has 0 bridgehead atoms. The Hall–Kier alpha value is -3.55. The monoisotopic (exact) mass is 398 g/mol. The second-order valence-electron chi connectivity index (χ2n) is 6.56. The number of benzene rings is 2. The molecule has 0 fully saturated rings. The van der Waals surface area contributed by atoms with Crippen molar-refractivity contribution in [2.75, 3.05) is 12.4 Å². The van der Waals surface area contributed by atoms with Gasteiger partial charge in [0.2, 0.25) is 0 Å².